The van der Waals surface area contributed by atoms with E-state index in [4.69, 9.17) is 0 Å². The van der Waals surface area contributed by atoms with Crippen molar-refractivity contribution >= 4 is 17.2 Å². The summed E-state index contributed by atoms with van der Waals surface area (Å²) in [5, 5.41) is 6.25. The first-order valence-electron chi connectivity index (χ1n) is 4.68. The maximum absolute atomic E-state index is 4.38. The molecule has 0 atom stereocenters. The third-order valence-electron chi connectivity index (χ3n) is 1.97. The van der Waals surface area contributed by atoms with Crippen LogP contribution >= 0.6 is 11.3 Å². The van der Waals surface area contributed by atoms with E-state index in [1.165, 1.54) is 0 Å². The zero-order valence-corrected chi connectivity index (χ0v) is 9.51. The van der Waals surface area contributed by atoms with Gasteiger partial charge in [-0.15, -0.1) is 11.3 Å². The smallest absolute Gasteiger partial charge is 0.148 e. The number of rotatable bonds is 3. The van der Waals surface area contributed by atoms with E-state index in [9.17, 15) is 0 Å². The summed E-state index contributed by atoms with van der Waals surface area (Å²) in [5.74, 6) is 0.838. The molecule has 0 bridgehead atoms. The Morgan fingerprint density at radius 2 is 2.20 bits per heavy atom. The molecule has 4 nitrogen and oxygen atoms in total. The molecule has 0 saturated heterocycles. The van der Waals surface area contributed by atoms with Crippen LogP contribution in [0.15, 0.2) is 17.8 Å². The van der Waals surface area contributed by atoms with Gasteiger partial charge in [0.15, 0.2) is 0 Å². The SMILES string of the molecule is Cc1cnc(C)c(NCc2nccs2)n1. The fourth-order valence-corrected chi connectivity index (χ4v) is 1.76. The summed E-state index contributed by atoms with van der Waals surface area (Å²) in [6.07, 6.45) is 3.57. The van der Waals surface area contributed by atoms with Crippen LogP contribution in [0.4, 0.5) is 5.82 Å². The molecule has 2 heterocycles. The summed E-state index contributed by atoms with van der Waals surface area (Å²) in [5.41, 5.74) is 1.83. The van der Waals surface area contributed by atoms with Gasteiger partial charge in [-0.3, -0.25) is 4.98 Å². The number of nitrogens with one attached hydrogen (secondary N) is 1. The minimum absolute atomic E-state index is 0.705. The third kappa shape index (κ3) is 2.50. The fraction of sp³-hybridized carbons (Fsp3) is 0.300. The van der Waals surface area contributed by atoms with Crippen LogP contribution in [0, 0.1) is 13.8 Å². The van der Waals surface area contributed by atoms with Gasteiger partial charge in [-0.1, -0.05) is 0 Å². The van der Waals surface area contributed by atoms with Gasteiger partial charge in [0.25, 0.3) is 0 Å². The number of nitrogens with zero attached hydrogens (tertiary/aromatic N) is 3. The molecule has 0 aliphatic rings. The van der Waals surface area contributed by atoms with Crippen molar-refractivity contribution in [2.75, 3.05) is 5.32 Å². The van der Waals surface area contributed by atoms with Gasteiger partial charge >= 0.3 is 0 Å². The molecule has 0 fully saturated rings. The van der Waals surface area contributed by atoms with Gasteiger partial charge in [0, 0.05) is 17.8 Å². The molecular weight excluding hydrogens is 208 g/mol. The van der Waals surface area contributed by atoms with Crippen LogP contribution in [0.5, 0.6) is 0 Å². The quantitative estimate of drug-likeness (QED) is 0.861. The maximum Gasteiger partial charge on any atom is 0.148 e. The van der Waals surface area contributed by atoms with Crippen LogP contribution in [0.2, 0.25) is 0 Å². The van der Waals surface area contributed by atoms with Crippen LogP contribution in [0.1, 0.15) is 16.4 Å². The Kier molecular flexibility index (Phi) is 2.91. The molecular formula is C10H12N4S. The average Bonchev–Trinajstić information content (AvgIpc) is 2.72. The lowest BCUT2D eigenvalue weighted by atomic mass is 10.4. The predicted octanol–water partition coefficient (Wildman–Crippen LogP) is 2.16. The van der Waals surface area contributed by atoms with Gasteiger partial charge in [0.05, 0.1) is 17.9 Å². The van der Waals surface area contributed by atoms with E-state index in [0.717, 1.165) is 22.2 Å². The van der Waals surface area contributed by atoms with Crippen LogP contribution in [0.3, 0.4) is 0 Å². The molecule has 0 aromatic carbocycles. The van der Waals surface area contributed by atoms with E-state index >= 15 is 0 Å². The lowest BCUT2D eigenvalue weighted by Crippen LogP contribution is -2.04. The van der Waals surface area contributed by atoms with E-state index in [2.05, 4.69) is 20.3 Å². The molecule has 5 heteroatoms. The summed E-state index contributed by atoms with van der Waals surface area (Å²) in [7, 11) is 0. The van der Waals surface area contributed by atoms with Crippen LogP contribution in [0.25, 0.3) is 0 Å². The summed E-state index contributed by atoms with van der Waals surface area (Å²) < 4.78 is 0. The molecule has 1 N–H and O–H groups in total. The number of aryl methyl sites for hydroxylation is 2. The highest BCUT2D eigenvalue weighted by molar-refractivity contribution is 7.09. The Hall–Kier alpha value is -1.49. The Morgan fingerprint density at radius 1 is 1.33 bits per heavy atom. The van der Waals surface area contributed by atoms with Gasteiger partial charge in [0.1, 0.15) is 10.8 Å². The minimum Gasteiger partial charge on any atom is -0.362 e. The number of hydrogen-bond donors (Lipinski definition) is 1. The minimum atomic E-state index is 0.705. The van der Waals surface area contributed by atoms with Crippen molar-refractivity contribution in [3.8, 4) is 0 Å². The molecule has 2 aromatic heterocycles. The van der Waals surface area contributed by atoms with Crippen LogP contribution < -0.4 is 5.32 Å². The Morgan fingerprint density at radius 3 is 2.93 bits per heavy atom. The molecule has 0 aliphatic carbocycles. The Balaban J connectivity index is 2.07. The second-order valence-electron chi connectivity index (χ2n) is 3.22. The van der Waals surface area contributed by atoms with Crippen molar-refractivity contribution in [1.29, 1.82) is 0 Å². The monoisotopic (exact) mass is 220 g/mol. The van der Waals surface area contributed by atoms with E-state index in [-0.39, 0.29) is 0 Å². The second kappa shape index (κ2) is 4.35. The third-order valence-corrected chi connectivity index (χ3v) is 2.75. The largest absolute Gasteiger partial charge is 0.362 e. The van der Waals surface area contributed by atoms with Gasteiger partial charge in [-0.25, -0.2) is 9.97 Å². The molecule has 2 aromatic rings. The molecule has 0 unspecified atom stereocenters. The van der Waals surface area contributed by atoms with E-state index in [1.54, 1.807) is 23.7 Å². The number of thiazole rings is 1. The highest BCUT2D eigenvalue weighted by Crippen LogP contribution is 2.11. The Bertz CT molecular complexity index is 439. The zero-order chi connectivity index (χ0) is 10.7. The summed E-state index contributed by atoms with van der Waals surface area (Å²) in [6.45, 7) is 4.58. The van der Waals surface area contributed by atoms with Gasteiger partial charge in [0.2, 0.25) is 0 Å². The van der Waals surface area contributed by atoms with Crippen LogP contribution in [-0.2, 0) is 6.54 Å². The number of aromatic nitrogens is 3. The van der Waals surface area contributed by atoms with Gasteiger partial charge in [-0.05, 0) is 13.8 Å². The van der Waals surface area contributed by atoms with E-state index < -0.39 is 0 Å². The van der Waals surface area contributed by atoms with E-state index in [0.29, 0.717) is 6.54 Å². The predicted molar refractivity (Wildman–Crippen MR) is 60.9 cm³/mol. The molecule has 0 aliphatic heterocycles. The van der Waals surface area contributed by atoms with Crippen molar-refractivity contribution in [3.63, 3.8) is 0 Å². The average molecular weight is 220 g/mol. The molecule has 2 rings (SSSR count). The van der Waals surface area contributed by atoms with Crippen molar-refractivity contribution in [3.05, 3.63) is 34.2 Å². The Labute approximate surface area is 92.4 Å². The molecule has 78 valence electrons. The molecule has 0 radical (unpaired) electrons. The molecule has 15 heavy (non-hydrogen) atoms. The van der Waals surface area contributed by atoms with Gasteiger partial charge < -0.3 is 5.32 Å². The number of anilines is 1. The highest BCUT2D eigenvalue weighted by Gasteiger charge is 2.02. The van der Waals surface area contributed by atoms with Gasteiger partial charge in [-0.2, -0.15) is 0 Å². The molecule has 0 amide bonds. The number of hydrogen-bond acceptors (Lipinski definition) is 5. The first kappa shape index (κ1) is 10.0. The summed E-state index contributed by atoms with van der Waals surface area (Å²) >= 11 is 1.63. The normalized spacial score (nSPS) is 10.3. The van der Waals surface area contributed by atoms with Crippen molar-refractivity contribution in [1.82, 2.24) is 15.0 Å². The summed E-state index contributed by atoms with van der Waals surface area (Å²) in [4.78, 5) is 12.8. The van der Waals surface area contributed by atoms with Crippen LogP contribution in [-0.4, -0.2) is 15.0 Å². The lowest BCUT2D eigenvalue weighted by molar-refractivity contribution is 1.01. The zero-order valence-electron chi connectivity index (χ0n) is 8.69. The maximum atomic E-state index is 4.38. The second-order valence-corrected chi connectivity index (χ2v) is 4.20. The van der Waals surface area contributed by atoms with Crippen molar-refractivity contribution in [2.45, 2.75) is 20.4 Å². The first-order valence-corrected chi connectivity index (χ1v) is 5.56. The summed E-state index contributed by atoms with van der Waals surface area (Å²) in [6, 6.07) is 0. The molecule has 0 saturated carbocycles. The van der Waals surface area contributed by atoms with Crippen molar-refractivity contribution < 1.29 is 0 Å². The molecule has 0 spiro atoms. The standard InChI is InChI=1S/C10H12N4S/c1-7-5-12-8(2)10(14-7)13-6-9-11-3-4-15-9/h3-5H,6H2,1-2H3,(H,13,14). The van der Waals surface area contributed by atoms with Crippen molar-refractivity contribution in [2.24, 2.45) is 0 Å². The highest BCUT2D eigenvalue weighted by atomic mass is 32.1. The lowest BCUT2D eigenvalue weighted by Gasteiger charge is -2.06. The fourth-order valence-electron chi connectivity index (χ4n) is 1.20. The first-order chi connectivity index (χ1) is 7.25. The topological polar surface area (TPSA) is 50.7 Å². The van der Waals surface area contributed by atoms with E-state index in [1.807, 2.05) is 19.2 Å².